The minimum absolute atomic E-state index is 0.439. The molecule has 4 nitrogen and oxygen atoms in total. The van der Waals surface area contributed by atoms with Gasteiger partial charge in [0.15, 0.2) is 5.79 Å². The van der Waals surface area contributed by atoms with Crippen molar-refractivity contribution in [1.29, 1.82) is 0 Å². The first kappa shape index (κ1) is 8.44. The standard InChI is InChI=1S/C8H14O4/c9-6-3-7(10)5-8(4-6)11-1-2-12-8/h6-7,9-10H,1-5H2. The summed E-state index contributed by atoms with van der Waals surface area (Å²) in [6, 6.07) is 0. The Balaban J connectivity index is 2.04. The van der Waals surface area contributed by atoms with Gasteiger partial charge in [-0.05, 0) is 6.42 Å². The van der Waals surface area contributed by atoms with Crippen molar-refractivity contribution < 1.29 is 19.7 Å². The van der Waals surface area contributed by atoms with Crippen molar-refractivity contribution in [3.8, 4) is 0 Å². The number of aliphatic hydroxyl groups excluding tert-OH is 2. The molecule has 1 aliphatic heterocycles. The van der Waals surface area contributed by atoms with E-state index >= 15 is 0 Å². The lowest BCUT2D eigenvalue weighted by atomic mass is 9.89. The van der Waals surface area contributed by atoms with Gasteiger partial charge in [0.25, 0.3) is 0 Å². The maximum absolute atomic E-state index is 9.39. The van der Waals surface area contributed by atoms with E-state index in [-0.39, 0.29) is 0 Å². The van der Waals surface area contributed by atoms with Gasteiger partial charge in [0, 0.05) is 12.8 Å². The van der Waals surface area contributed by atoms with Crippen LogP contribution in [0.15, 0.2) is 0 Å². The van der Waals surface area contributed by atoms with E-state index in [0.717, 1.165) is 0 Å². The number of aliphatic hydroxyl groups is 2. The van der Waals surface area contributed by atoms with Crippen molar-refractivity contribution in [3.05, 3.63) is 0 Å². The Bertz CT molecular complexity index is 152. The van der Waals surface area contributed by atoms with Gasteiger partial charge < -0.3 is 19.7 Å². The molecule has 1 saturated carbocycles. The maximum atomic E-state index is 9.39. The SMILES string of the molecule is OC1CC(O)CC2(C1)OCCO2. The third-order valence-electron chi connectivity index (χ3n) is 2.45. The Labute approximate surface area is 71.1 Å². The molecule has 2 aliphatic rings. The van der Waals surface area contributed by atoms with E-state index in [2.05, 4.69) is 0 Å². The number of rotatable bonds is 0. The van der Waals surface area contributed by atoms with Crippen LogP contribution in [-0.2, 0) is 9.47 Å². The molecule has 12 heavy (non-hydrogen) atoms. The lowest BCUT2D eigenvalue weighted by molar-refractivity contribution is -0.215. The zero-order valence-corrected chi connectivity index (χ0v) is 6.90. The minimum Gasteiger partial charge on any atom is -0.393 e. The molecule has 2 rings (SSSR count). The molecule has 2 unspecified atom stereocenters. The summed E-state index contributed by atoms with van der Waals surface area (Å²) in [5, 5.41) is 18.8. The number of hydrogen-bond acceptors (Lipinski definition) is 4. The molecule has 1 saturated heterocycles. The normalized spacial score (nSPS) is 40.5. The zero-order chi connectivity index (χ0) is 8.60. The van der Waals surface area contributed by atoms with E-state index in [9.17, 15) is 10.2 Å². The van der Waals surface area contributed by atoms with Crippen LogP contribution in [0.5, 0.6) is 0 Å². The summed E-state index contributed by atoms with van der Waals surface area (Å²) < 4.78 is 10.8. The molecule has 0 bridgehead atoms. The fourth-order valence-electron chi connectivity index (χ4n) is 2.01. The molecule has 2 fully saturated rings. The molecule has 0 radical (unpaired) electrons. The predicted octanol–water partition coefficient (Wildman–Crippen LogP) is -0.365. The highest BCUT2D eigenvalue weighted by atomic mass is 16.7. The van der Waals surface area contributed by atoms with Gasteiger partial charge in [0.1, 0.15) is 0 Å². The second kappa shape index (κ2) is 2.96. The smallest absolute Gasteiger partial charge is 0.173 e. The van der Waals surface area contributed by atoms with Gasteiger partial charge in [-0.25, -0.2) is 0 Å². The fraction of sp³-hybridized carbons (Fsp3) is 1.00. The number of ether oxygens (including phenoxy) is 2. The summed E-state index contributed by atoms with van der Waals surface area (Å²) in [6.07, 6.45) is 0.432. The maximum Gasteiger partial charge on any atom is 0.173 e. The molecule has 4 heteroatoms. The molecule has 1 aliphatic carbocycles. The van der Waals surface area contributed by atoms with Crippen LogP contribution in [0.3, 0.4) is 0 Å². The molecule has 0 aromatic heterocycles. The Morgan fingerprint density at radius 1 is 1.00 bits per heavy atom. The van der Waals surface area contributed by atoms with Crippen LogP contribution in [0.4, 0.5) is 0 Å². The third-order valence-corrected chi connectivity index (χ3v) is 2.45. The van der Waals surface area contributed by atoms with Crippen molar-refractivity contribution in [1.82, 2.24) is 0 Å². The first-order chi connectivity index (χ1) is 5.70. The van der Waals surface area contributed by atoms with Crippen LogP contribution in [0.2, 0.25) is 0 Å². The monoisotopic (exact) mass is 174 g/mol. The van der Waals surface area contributed by atoms with Crippen molar-refractivity contribution in [2.75, 3.05) is 13.2 Å². The van der Waals surface area contributed by atoms with Crippen LogP contribution in [0, 0.1) is 0 Å². The average molecular weight is 174 g/mol. The highest BCUT2D eigenvalue weighted by Gasteiger charge is 2.44. The molecule has 0 amide bonds. The molecule has 0 aromatic carbocycles. The molecule has 1 spiro atoms. The predicted molar refractivity (Wildman–Crippen MR) is 40.5 cm³/mol. The first-order valence-electron chi connectivity index (χ1n) is 4.34. The van der Waals surface area contributed by atoms with Crippen molar-refractivity contribution in [2.24, 2.45) is 0 Å². The van der Waals surface area contributed by atoms with Gasteiger partial charge in [-0.3, -0.25) is 0 Å². The van der Waals surface area contributed by atoms with Gasteiger partial charge in [0.2, 0.25) is 0 Å². The number of hydrogen-bond donors (Lipinski definition) is 2. The summed E-state index contributed by atoms with van der Waals surface area (Å²) in [5.41, 5.74) is 0. The molecule has 0 aromatic rings. The van der Waals surface area contributed by atoms with Crippen LogP contribution >= 0.6 is 0 Å². The van der Waals surface area contributed by atoms with Gasteiger partial charge in [-0.2, -0.15) is 0 Å². The largest absolute Gasteiger partial charge is 0.393 e. The topological polar surface area (TPSA) is 58.9 Å². The molecular formula is C8H14O4. The Morgan fingerprint density at radius 3 is 2.00 bits per heavy atom. The molecule has 2 N–H and O–H groups in total. The Kier molecular flexibility index (Phi) is 2.08. The van der Waals surface area contributed by atoms with Gasteiger partial charge in [-0.15, -0.1) is 0 Å². The van der Waals surface area contributed by atoms with E-state index in [1.807, 2.05) is 0 Å². The highest BCUT2D eigenvalue weighted by molar-refractivity contribution is 4.87. The van der Waals surface area contributed by atoms with Gasteiger partial charge in [0.05, 0.1) is 25.4 Å². The average Bonchev–Trinajstić information content (AvgIpc) is 2.33. The van der Waals surface area contributed by atoms with E-state index in [4.69, 9.17) is 9.47 Å². The van der Waals surface area contributed by atoms with Crippen LogP contribution in [0.1, 0.15) is 19.3 Å². The third kappa shape index (κ3) is 1.47. The van der Waals surface area contributed by atoms with Crippen LogP contribution in [0.25, 0.3) is 0 Å². The lowest BCUT2D eigenvalue weighted by Gasteiger charge is -2.36. The zero-order valence-electron chi connectivity index (χ0n) is 6.90. The van der Waals surface area contributed by atoms with Crippen molar-refractivity contribution >= 4 is 0 Å². The molecule has 1 heterocycles. The Morgan fingerprint density at radius 2 is 1.50 bits per heavy atom. The fourth-order valence-corrected chi connectivity index (χ4v) is 2.01. The summed E-state index contributed by atoms with van der Waals surface area (Å²) in [5.74, 6) is -0.683. The van der Waals surface area contributed by atoms with Gasteiger partial charge >= 0.3 is 0 Å². The second-order valence-corrected chi connectivity index (χ2v) is 3.56. The van der Waals surface area contributed by atoms with Crippen LogP contribution in [-0.4, -0.2) is 41.4 Å². The highest BCUT2D eigenvalue weighted by Crippen LogP contribution is 2.35. The quantitative estimate of drug-likeness (QED) is 0.526. The first-order valence-corrected chi connectivity index (χ1v) is 4.34. The van der Waals surface area contributed by atoms with E-state index in [0.29, 0.717) is 32.5 Å². The lowest BCUT2D eigenvalue weighted by Crippen LogP contribution is -2.44. The molecule has 2 atom stereocenters. The van der Waals surface area contributed by atoms with E-state index < -0.39 is 18.0 Å². The van der Waals surface area contributed by atoms with E-state index in [1.165, 1.54) is 0 Å². The second-order valence-electron chi connectivity index (χ2n) is 3.56. The Hall–Kier alpha value is -0.160. The summed E-state index contributed by atoms with van der Waals surface area (Å²) in [4.78, 5) is 0. The van der Waals surface area contributed by atoms with Crippen molar-refractivity contribution in [3.63, 3.8) is 0 Å². The molecular weight excluding hydrogens is 160 g/mol. The van der Waals surface area contributed by atoms with Gasteiger partial charge in [-0.1, -0.05) is 0 Å². The molecule has 70 valence electrons. The minimum atomic E-state index is -0.683. The summed E-state index contributed by atoms with van der Waals surface area (Å²) in [6.45, 7) is 1.14. The van der Waals surface area contributed by atoms with Crippen LogP contribution < -0.4 is 0 Å². The summed E-state index contributed by atoms with van der Waals surface area (Å²) in [7, 11) is 0. The van der Waals surface area contributed by atoms with E-state index in [1.54, 1.807) is 0 Å². The van der Waals surface area contributed by atoms with Crippen molar-refractivity contribution in [2.45, 2.75) is 37.3 Å². The summed E-state index contributed by atoms with van der Waals surface area (Å²) >= 11 is 0.